The first-order valence-electron chi connectivity index (χ1n) is 6.62. The lowest BCUT2D eigenvalue weighted by molar-refractivity contribution is -0.153. The smallest absolute Gasteiger partial charge is 0.311 e. The van der Waals surface area contributed by atoms with E-state index in [9.17, 15) is 9.90 Å². The quantitative estimate of drug-likeness (QED) is 0.849. The van der Waals surface area contributed by atoms with Gasteiger partial charge in [0.05, 0.1) is 12.0 Å². The van der Waals surface area contributed by atoms with Crippen LogP contribution in [0.4, 0.5) is 0 Å². The van der Waals surface area contributed by atoms with E-state index in [0.717, 1.165) is 11.1 Å². The molecule has 0 radical (unpaired) electrons. The average Bonchev–Trinajstić information content (AvgIpc) is 2.53. The van der Waals surface area contributed by atoms with Crippen LogP contribution in [0.2, 0.25) is 0 Å². The van der Waals surface area contributed by atoms with Gasteiger partial charge in [0.25, 0.3) is 0 Å². The van der Waals surface area contributed by atoms with Crippen LogP contribution in [0.15, 0.2) is 60.7 Å². The van der Waals surface area contributed by atoms with Crippen LogP contribution in [0.25, 0.3) is 0 Å². The highest BCUT2D eigenvalue weighted by Gasteiger charge is 2.24. The Kier molecular flexibility index (Phi) is 4.91. The van der Waals surface area contributed by atoms with E-state index in [4.69, 9.17) is 4.74 Å². The Labute approximate surface area is 118 Å². The highest BCUT2D eigenvalue weighted by molar-refractivity contribution is 5.73. The number of esters is 1. The number of ether oxygens (including phenoxy) is 1. The van der Waals surface area contributed by atoms with Gasteiger partial charge in [0.2, 0.25) is 0 Å². The molecule has 0 aliphatic carbocycles. The summed E-state index contributed by atoms with van der Waals surface area (Å²) in [6.07, 6.45) is -0.848. The molecule has 3 nitrogen and oxygen atoms in total. The summed E-state index contributed by atoms with van der Waals surface area (Å²) >= 11 is 0. The number of hydrogen-bond acceptors (Lipinski definition) is 3. The maximum atomic E-state index is 11.9. The van der Waals surface area contributed by atoms with E-state index in [0.29, 0.717) is 0 Å². The predicted molar refractivity (Wildman–Crippen MR) is 76.8 cm³/mol. The van der Waals surface area contributed by atoms with Crippen molar-refractivity contribution >= 4 is 5.97 Å². The normalized spacial score (nSPS) is 13.5. The third-order valence-electron chi connectivity index (χ3n) is 3.21. The van der Waals surface area contributed by atoms with E-state index in [1.807, 2.05) is 48.5 Å². The Morgan fingerprint density at radius 3 is 2.20 bits per heavy atom. The van der Waals surface area contributed by atoms with Crippen LogP contribution in [0.1, 0.15) is 24.2 Å². The fourth-order valence-corrected chi connectivity index (χ4v) is 1.93. The Balaban J connectivity index is 1.92. The van der Waals surface area contributed by atoms with Gasteiger partial charge < -0.3 is 9.84 Å². The fraction of sp³-hybridized carbons (Fsp3) is 0.235. The summed E-state index contributed by atoms with van der Waals surface area (Å²) in [6, 6.07) is 18.6. The van der Waals surface area contributed by atoms with Crippen LogP contribution in [0, 0.1) is 5.92 Å². The maximum absolute atomic E-state index is 11.9. The predicted octanol–water partition coefficient (Wildman–Crippen LogP) is 3.10. The molecule has 2 atom stereocenters. The van der Waals surface area contributed by atoms with E-state index in [1.165, 1.54) is 0 Å². The topological polar surface area (TPSA) is 46.5 Å². The molecule has 1 N–H and O–H groups in total. The van der Waals surface area contributed by atoms with Gasteiger partial charge in [-0.1, -0.05) is 60.7 Å². The molecule has 0 aromatic heterocycles. The first-order chi connectivity index (χ1) is 9.68. The van der Waals surface area contributed by atoms with Crippen molar-refractivity contribution in [2.45, 2.75) is 19.6 Å². The molecule has 104 valence electrons. The molecule has 0 fully saturated rings. The summed E-state index contributed by atoms with van der Waals surface area (Å²) in [5.41, 5.74) is 1.65. The SMILES string of the molecule is C[C@@H](C(=O)OCc1ccccc1)[C@@H](O)c1ccccc1. The molecule has 0 spiro atoms. The van der Waals surface area contributed by atoms with E-state index in [2.05, 4.69) is 0 Å². The lowest BCUT2D eigenvalue weighted by Gasteiger charge is -2.18. The molecule has 0 amide bonds. The number of carbonyl (C=O) groups excluding carboxylic acids is 1. The largest absolute Gasteiger partial charge is 0.461 e. The molecule has 0 aliphatic heterocycles. The van der Waals surface area contributed by atoms with Crippen molar-refractivity contribution in [3.8, 4) is 0 Å². The molecule has 20 heavy (non-hydrogen) atoms. The fourth-order valence-electron chi connectivity index (χ4n) is 1.93. The van der Waals surface area contributed by atoms with Gasteiger partial charge in [-0.2, -0.15) is 0 Å². The number of rotatable bonds is 5. The van der Waals surface area contributed by atoms with E-state index >= 15 is 0 Å². The van der Waals surface area contributed by atoms with Crippen molar-refractivity contribution < 1.29 is 14.6 Å². The number of aliphatic hydroxyl groups excluding tert-OH is 1. The Bertz CT molecular complexity index is 537. The third-order valence-corrected chi connectivity index (χ3v) is 3.21. The van der Waals surface area contributed by atoms with Gasteiger partial charge in [0.1, 0.15) is 6.61 Å². The minimum Gasteiger partial charge on any atom is -0.461 e. The molecular weight excluding hydrogens is 252 g/mol. The lowest BCUT2D eigenvalue weighted by Crippen LogP contribution is -2.21. The van der Waals surface area contributed by atoms with Gasteiger partial charge in [-0.25, -0.2) is 0 Å². The average molecular weight is 270 g/mol. The highest BCUT2D eigenvalue weighted by atomic mass is 16.5. The maximum Gasteiger partial charge on any atom is 0.311 e. The second-order valence-corrected chi connectivity index (χ2v) is 4.74. The van der Waals surface area contributed by atoms with Crippen LogP contribution < -0.4 is 0 Å². The standard InChI is InChI=1S/C17H18O3/c1-13(16(18)15-10-6-3-7-11-15)17(19)20-12-14-8-4-2-5-9-14/h2-11,13,16,18H,12H2,1H3/t13-,16-/m1/s1. The monoisotopic (exact) mass is 270 g/mol. The van der Waals surface area contributed by atoms with Crippen molar-refractivity contribution in [3.05, 3.63) is 71.8 Å². The highest BCUT2D eigenvalue weighted by Crippen LogP contribution is 2.22. The van der Waals surface area contributed by atoms with E-state index in [-0.39, 0.29) is 6.61 Å². The van der Waals surface area contributed by atoms with Gasteiger partial charge >= 0.3 is 5.97 Å². The molecule has 0 heterocycles. The van der Waals surface area contributed by atoms with Crippen LogP contribution in [0.3, 0.4) is 0 Å². The summed E-state index contributed by atoms with van der Waals surface area (Å²) < 4.78 is 5.23. The molecule has 2 aromatic rings. The van der Waals surface area contributed by atoms with Crippen LogP contribution in [-0.2, 0) is 16.1 Å². The van der Waals surface area contributed by atoms with Crippen molar-refractivity contribution in [3.63, 3.8) is 0 Å². The molecule has 2 aromatic carbocycles. The first kappa shape index (κ1) is 14.3. The van der Waals surface area contributed by atoms with Crippen molar-refractivity contribution in [1.29, 1.82) is 0 Å². The molecule has 0 saturated heterocycles. The molecule has 3 heteroatoms. The number of benzene rings is 2. The van der Waals surface area contributed by atoms with Crippen molar-refractivity contribution in [1.82, 2.24) is 0 Å². The zero-order chi connectivity index (χ0) is 14.4. The second-order valence-electron chi connectivity index (χ2n) is 4.74. The Morgan fingerprint density at radius 1 is 1.05 bits per heavy atom. The lowest BCUT2D eigenvalue weighted by atomic mass is 9.98. The van der Waals surface area contributed by atoms with Crippen molar-refractivity contribution in [2.75, 3.05) is 0 Å². The van der Waals surface area contributed by atoms with Crippen LogP contribution >= 0.6 is 0 Å². The Morgan fingerprint density at radius 2 is 1.60 bits per heavy atom. The molecule has 0 saturated carbocycles. The zero-order valence-corrected chi connectivity index (χ0v) is 11.4. The summed E-state index contributed by atoms with van der Waals surface area (Å²) in [5.74, 6) is -0.994. The minimum absolute atomic E-state index is 0.228. The van der Waals surface area contributed by atoms with Crippen molar-refractivity contribution in [2.24, 2.45) is 5.92 Å². The number of carbonyl (C=O) groups is 1. The van der Waals surface area contributed by atoms with E-state index in [1.54, 1.807) is 19.1 Å². The third kappa shape index (κ3) is 3.68. The summed E-state index contributed by atoms with van der Waals surface area (Å²) in [7, 11) is 0. The summed E-state index contributed by atoms with van der Waals surface area (Å²) in [5, 5.41) is 10.2. The van der Waals surface area contributed by atoms with E-state index < -0.39 is 18.0 Å². The van der Waals surface area contributed by atoms with Crippen LogP contribution in [0.5, 0.6) is 0 Å². The second kappa shape index (κ2) is 6.87. The molecule has 0 bridgehead atoms. The van der Waals surface area contributed by atoms with Gasteiger partial charge in [0.15, 0.2) is 0 Å². The molecule has 2 rings (SSSR count). The van der Waals surface area contributed by atoms with Gasteiger partial charge in [-0.15, -0.1) is 0 Å². The minimum atomic E-state index is -0.848. The van der Waals surface area contributed by atoms with Crippen LogP contribution in [-0.4, -0.2) is 11.1 Å². The van der Waals surface area contributed by atoms with Gasteiger partial charge in [-0.05, 0) is 18.1 Å². The summed E-state index contributed by atoms with van der Waals surface area (Å²) in [6.45, 7) is 1.90. The molecule has 0 unspecified atom stereocenters. The summed E-state index contributed by atoms with van der Waals surface area (Å²) in [4.78, 5) is 11.9. The zero-order valence-electron chi connectivity index (χ0n) is 11.4. The van der Waals surface area contributed by atoms with Gasteiger partial charge in [0, 0.05) is 0 Å². The number of aliphatic hydroxyl groups is 1. The first-order valence-corrected chi connectivity index (χ1v) is 6.62. The molecule has 0 aliphatic rings. The molecular formula is C17H18O3. The number of hydrogen-bond donors (Lipinski definition) is 1. The van der Waals surface area contributed by atoms with Gasteiger partial charge in [-0.3, -0.25) is 4.79 Å². The Hall–Kier alpha value is -2.13.